The van der Waals surface area contributed by atoms with Crippen LogP contribution >= 0.6 is 31.9 Å². The molecule has 0 radical (unpaired) electrons. The number of rotatable bonds is 3. The molecule has 134 valence electrons. The molecule has 2 aromatic carbocycles. The highest BCUT2D eigenvalue weighted by atomic mass is 79.9. The maximum Gasteiger partial charge on any atom is 0.212 e. The first-order chi connectivity index (χ1) is 12.4. The van der Waals surface area contributed by atoms with Crippen molar-refractivity contribution in [2.24, 2.45) is 15.2 Å². The Hall–Kier alpha value is -2.13. The summed E-state index contributed by atoms with van der Waals surface area (Å²) in [5.74, 6) is -1.46. The molecule has 0 fully saturated rings. The van der Waals surface area contributed by atoms with Crippen LogP contribution < -0.4 is 0 Å². The van der Waals surface area contributed by atoms with Crippen LogP contribution in [-0.2, 0) is 11.3 Å². The lowest BCUT2D eigenvalue weighted by molar-refractivity contribution is 0.286. The Kier molecular flexibility index (Phi) is 5.77. The van der Waals surface area contributed by atoms with Crippen molar-refractivity contribution < 1.29 is 18.6 Å². The quantitative estimate of drug-likeness (QED) is 0.615. The van der Waals surface area contributed by atoms with Gasteiger partial charge < -0.3 is 9.84 Å². The third-order valence-corrected chi connectivity index (χ3v) is 4.63. The fourth-order valence-electron chi connectivity index (χ4n) is 2.10. The molecule has 0 saturated carbocycles. The van der Waals surface area contributed by atoms with Crippen LogP contribution in [0.1, 0.15) is 11.1 Å². The summed E-state index contributed by atoms with van der Waals surface area (Å²) in [6.45, 7) is 0.148. The van der Waals surface area contributed by atoms with Gasteiger partial charge in [0, 0.05) is 5.56 Å². The third kappa shape index (κ3) is 4.34. The van der Waals surface area contributed by atoms with E-state index in [1.807, 2.05) is 0 Å². The summed E-state index contributed by atoms with van der Waals surface area (Å²) in [6.07, 6.45) is 1.49. The van der Waals surface area contributed by atoms with E-state index in [0.29, 0.717) is 31.7 Å². The minimum Gasteiger partial charge on any atom is -0.506 e. The maximum atomic E-state index is 13.2. The fourth-order valence-corrected chi connectivity index (χ4v) is 3.28. The number of halogens is 4. The molecular formula is C17H11Br2F2N3O2. The molecule has 0 atom stereocenters. The maximum absolute atomic E-state index is 13.2. The van der Waals surface area contributed by atoms with E-state index in [1.54, 1.807) is 12.1 Å². The van der Waals surface area contributed by atoms with Crippen LogP contribution in [0, 0.1) is 11.6 Å². The van der Waals surface area contributed by atoms with E-state index in [9.17, 15) is 13.9 Å². The normalized spacial score (nSPS) is 13.8. The van der Waals surface area contributed by atoms with Crippen LogP contribution in [-0.4, -0.2) is 17.5 Å². The zero-order valence-electron chi connectivity index (χ0n) is 13.1. The summed E-state index contributed by atoms with van der Waals surface area (Å²) in [5.41, 5.74) is 1.65. The molecule has 5 nitrogen and oxygen atoms in total. The predicted octanol–water partition coefficient (Wildman–Crippen LogP) is 5.57. The Morgan fingerprint density at radius 3 is 2.50 bits per heavy atom. The molecule has 3 rings (SSSR count). The molecule has 0 unspecified atom stereocenters. The van der Waals surface area contributed by atoms with Gasteiger partial charge in [-0.25, -0.2) is 13.8 Å². The Morgan fingerprint density at radius 2 is 1.81 bits per heavy atom. The van der Waals surface area contributed by atoms with E-state index in [2.05, 4.69) is 47.1 Å². The van der Waals surface area contributed by atoms with Gasteiger partial charge in [0.05, 0.1) is 15.1 Å². The summed E-state index contributed by atoms with van der Waals surface area (Å²) in [6, 6.07) is 6.92. The van der Waals surface area contributed by atoms with Crippen molar-refractivity contribution in [2.45, 2.75) is 6.61 Å². The average molecular weight is 487 g/mol. The largest absolute Gasteiger partial charge is 0.506 e. The van der Waals surface area contributed by atoms with Crippen molar-refractivity contribution in [2.75, 3.05) is 6.54 Å². The van der Waals surface area contributed by atoms with E-state index in [4.69, 9.17) is 4.74 Å². The average Bonchev–Trinajstić information content (AvgIpc) is 2.86. The van der Waals surface area contributed by atoms with Crippen LogP contribution in [0.2, 0.25) is 0 Å². The molecule has 0 saturated heterocycles. The van der Waals surface area contributed by atoms with Crippen molar-refractivity contribution in [1.82, 2.24) is 0 Å². The van der Waals surface area contributed by atoms with Crippen molar-refractivity contribution in [1.29, 1.82) is 0 Å². The standard InChI is InChI=1S/C17H11Br2F2N3O2/c18-11-4-10(5-12(19)17(11)25)15-6-22-16(7-23-24-15)26-8-9-1-2-13(20)14(21)3-9/h1-6,25H,7-8H2. The van der Waals surface area contributed by atoms with Crippen LogP contribution in [0.4, 0.5) is 8.78 Å². The highest BCUT2D eigenvalue weighted by molar-refractivity contribution is 9.11. The number of nitrogens with zero attached hydrogens (tertiary/aromatic N) is 3. The summed E-state index contributed by atoms with van der Waals surface area (Å²) < 4.78 is 32.6. The summed E-state index contributed by atoms with van der Waals surface area (Å²) in [4.78, 5) is 4.20. The molecule has 1 N–H and O–H groups in total. The lowest BCUT2D eigenvalue weighted by atomic mass is 10.1. The van der Waals surface area contributed by atoms with Gasteiger partial charge in [0.15, 0.2) is 11.6 Å². The van der Waals surface area contributed by atoms with E-state index in [0.717, 1.165) is 12.1 Å². The SMILES string of the molecule is Oc1c(Br)cc(C2=CN=C(OCc3ccc(F)c(F)c3)CN=N2)cc1Br. The zero-order valence-corrected chi connectivity index (χ0v) is 16.3. The Morgan fingerprint density at radius 1 is 1.08 bits per heavy atom. The van der Waals surface area contributed by atoms with Crippen molar-refractivity contribution in [3.8, 4) is 5.75 Å². The molecule has 9 heteroatoms. The van der Waals surface area contributed by atoms with E-state index >= 15 is 0 Å². The number of azo groups is 1. The van der Waals surface area contributed by atoms with E-state index < -0.39 is 11.6 Å². The van der Waals surface area contributed by atoms with Gasteiger partial charge in [0.25, 0.3) is 0 Å². The number of benzene rings is 2. The Labute approximate surface area is 164 Å². The van der Waals surface area contributed by atoms with Crippen LogP contribution in [0.25, 0.3) is 5.70 Å². The van der Waals surface area contributed by atoms with E-state index in [-0.39, 0.29) is 18.9 Å². The number of phenols is 1. The first-order valence-electron chi connectivity index (χ1n) is 7.33. The predicted molar refractivity (Wildman–Crippen MR) is 99.8 cm³/mol. The smallest absolute Gasteiger partial charge is 0.212 e. The van der Waals surface area contributed by atoms with Gasteiger partial charge in [-0.3, -0.25) is 0 Å². The third-order valence-electron chi connectivity index (χ3n) is 3.42. The van der Waals surface area contributed by atoms with Gasteiger partial charge in [-0.2, -0.15) is 10.2 Å². The monoisotopic (exact) mass is 485 g/mol. The van der Waals surface area contributed by atoms with Gasteiger partial charge in [-0.1, -0.05) is 6.07 Å². The molecular weight excluding hydrogens is 476 g/mol. The van der Waals surface area contributed by atoms with Gasteiger partial charge in [0.2, 0.25) is 5.90 Å². The number of ether oxygens (including phenoxy) is 1. The first kappa shape index (κ1) is 18.7. The molecule has 2 aromatic rings. The highest BCUT2D eigenvalue weighted by Gasteiger charge is 2.12. The van der Waals surface area contributed by atoms with Gasteiger partial charge in [-0.15, -0.1) is 0 Å². The van der Waals surface area contributed by atoms with Crippen LogP contribution in [0.15, 0.2) is 60.7 Å². The second-order valence-electron chi connectivity index (χ2n) is 5.26. The molecule has 1 aliphatic heterocycles. The van der Waals surface area contributed by atoms with Gasteiger partial charge in [0.1, 0.15) is 24.6 Å². The van der Waals surface area contributed by atoms with Crippen LogP contribution in [0.5, 0.6) is 5.75 Å². The second-order valence-corrected chi connectivity index (χ2v) is 6.97. The topological polar surface area (TPSA) is 66.5 Å². The second kappa shape index (κ2) is 8.05. The molecule has 0 spiro atoms. The zero-order chi connectivity index (χ0) is 18.7. The molecule has 0 aliphatic carbocycles. The Balaban J connectivity index is 1.75. The number of hydrogen-bond acceptors (Lipinski definition) is 5. The molecule has 0 aromatic heterocycles. The van der Waals surface area contributed by atoms with Crippen molar-refractivity contribution in [3.63, 3.8) is 0 Å². The molecule has 0 bridgehead atoms. The first-order valence-corrected chi connectivity index (χ1v) is 8.92. The molecule has 1 aliphatic rings. The Bertz CT molecular complexity index is 923. The lowest BCUT2D eigenvalue weighted by Gasteiger charge is -2.06. The highest BCUT2D eigenvalue weighted by Crippen LogP contribution is 2.35. The lowest BCUT2D eigenvalue weighted by Crippen LogP contribution is -2.08. The number of hydrogen-bond donors (Lipinski definition) is 1. The summed E-state index contributed by atoms with van der Waals surface area (Å²) >= 11 is 6.52. The van der Waals surface area contributed by atoms with Crippen LogP contribution in [0.3, 0.4) is 0 Å². The molecule has 26 heavy (non-hydrogen) atoms. The van der Waals surface area contributed by atoms with E-state index in [1.165, 1.54) is 12.3 Å². The number of phenolic OH excluding ortho intramolecular Hbond substituents is 1. The minimum atomic E-state index is -0.931. The van der Waals surface area contributed by atoms with Gasteiger partial charge in [-0.05, 0) is 61.7 Å². The fraction of sp³-hybridized carbons (Fsp3) is 0.118. The molecule has 1 heterocycles. The van der Waals surface area contributed by atoms with Crippen molar-refractivity contribution in [3.05, 3.63) is 68.2 Å². The molecule has 0 amide bonds. The van der Waals surface area contributed by atoms with Crippen molar-refractivity contribution >= 4 is 43.5 Å². The summed E-state index contributed by atoms with van der Waals surface area (Å²) in [7, 11) is 0. The number of aromatic hydroxyl groups is 1. The van der Waals surface area contributed by atoms with Gasteiger partial charge >= 0.3 is 0 Å². The summed E-state index contributed by atoms with van der Waals surface area (Å²) in [5, 5.41) is 17.9. The number of aliphatic imine (C=N–C) groups is 1. The minimum absolute atomic E-state index is 0.0328.